The van der Waals surface area contributed by atoms with Crippen molar-refractivity contribution in [3.8, 4) is 0 Å². The van der Waals surface area contributed by atoms with Gasteiger partial charge in [-0.15, -0.1) is 0 Å². The molecule has 0 saturated heterocycles. The number of carbonyl (C=O) groups excluding carboxylic acids is 3. The van der Waals surface area contributed by atoms with E-state index in [2.05, 4.69) is 30.6 Å². The van der Waals surface area contributed by atoms with E-state index in [1.165, 1.54) is 308 Å². The maximum Gasteiger partial charge on any atom is 0.305 e. The van der Waals surface area contributed by atoms with E-state index in [0.29, 0.717) is 39.1 Å². The molecule has 0 aromatic carbocycles. The lowest BCUT2D eigenvalue weighted by atomic mass is 10.1. The molecule has 0 aliphatic carbocycles. The highest BCUT2D eigenvalue weighted by molar-refractivity contribution is 5.69. The van der Waals surface area contributed by atoms with Crippen molar-refractivity contribution in [3.63, 3.8) is 0 Å². The van der Waals surface area contributed by atoms with Crippen molar-refractivity contribution in [1.29, 1.82) is 0 Å². The number of esters is 3. The van der Waals surface area contributed by atoms with Crippen molar-refractivity contribution in [2.24, 2.45) is 0 Å². The highest BCUT2D eigenvalue weighted by Crippen LogP contribution is 2.18. The number of hydrogen-bond donors (Lipinski definition) is 1. The minimum Gasteiger partial charge on any atom is -0.466 e. The third-order valence-electron chi connectivity index (χ3n) is 17.5. The van der Waals surface area contributed by atoms with Crippen LogP contribution in [0.3, 0.4) is 0 Å². The molecule has 0 aliphatic heterocycles. The quantitative estimate of drug-likeness (QED) is 0.0362. The average Bonchev–Trinajstić information content (AvgIpc) is 3.48. The molecule has 9 nitrogen and oxygen atoms in total. The molecule has 0 aromatic heterocycles. The monoisotopic (exact) mass is 1180 g/mol. The Hall–Kier alpha value is -1.71. The third kappa shape index (κ3) is 67.7. The van der Waals surface area contributed by atoms with Gasteiger partial charge in [-0.05, 0) is 96.9 Å². The first-order valence-corrected chi connectivity index (χ1v) is 37.5. The van der Waals surface area contributed by atoms with Crippen LogP contribution < -0.4 is 0 Å². The second-order valence-electron chi connectivity index (χ2n) is 25.7. The zero-order chi connectivity index (χ0) is 60.1. The predicted octanol–water partition coefficient (Wildman–Crippen LogP) is 21.9. The van der Waals surface area contributed by atoms with E-state index in [1.54, 1.807) is 0 Å². The van der Waals surface area contributed by atoms with E-state index in [-0.39, 0.29) is 24.5 Å². The van der Waals surface area contributed by atoms with Gasteiger partial charge in [-0.1, -0.05) is 310 Å². The van der Waals surface area contributed by atoms with Crippen molar-refractivity contribution in [2.75, 3.05) is 65.7 Å². The summed E-state index contributed by atoms with van der Waals surface area (Å²) in [5.74, 6) is 0.00164. The minimum absolute atomic E-state index is 0.00222. The second kappa shape index (κ2) is 71.0. The molecule has 0 aliphatic rings. The number of nitrogens with zero attached hydrogens (tertiary/aromatic N) is 2. The summed E-state index contributed by atoms with van der Waals surface area (Å²) in [6, 6.07) is 0. The average molecular weight is 1180 g/mol. The predicted molar refractivity (Wildman–Crippen MR) is 358 cm³/mol. The fraction of sp³-hybridized carbons (Fsp3) is 0.959. The first-order chi connectivity index (χ1) is 41.0. The van der Waals surface area contributed by atoms with Gasteiger partial charge in [0.05, 0.1) is 26.4 Å². The van der Waals surface area contributed by atoms with Gasteiger partial charge in [-0.3, -0.25) is 14.4 Å². The molecule has 0 rings (SSSR count). The Bertz CT molecular complexity index is 1230. The molecule has 0 heterocycles. The Morgan fingerprint density at radius 3 is 0.639 bits per heavy atom. The molecule has 0 saturated carbocycles. The maximum atomic E-state index is 12.2. The zero-order valence-corrected chi connectivity index (χ0v) is 56.4. The molecular weight excluding hydrogens is 1030 g/mol. The lowest BCUT2D eigenvalue weighted by Crippen LogP contribution is -2.33. The molecule has 494 valence electrons. The number of aliphatic hydroxyl groups is 1. The number of carbonyl (C=O) groups is 3. The van der Waals surface area contributed by atoms with E-state index in [1.807, 2.05) is 0 Å². The van der Waals surface area contributed by atoms with Gasteiger partial charge < -0.3 is 29.1 Å². The van der Waals surface area contributed by atoms with Gasteiger partial charge in [0.25, 0.3) is 0 Å². The summed E-state index contributed by atoms with van der Waals surface area (Å²) in [6.07, 6.45) is 70.9. The standard InChI is InChI=1S/C74H146N2O7/c1-4-7-10-13-16-28-37-46-55-69-81-72(78)59-49-40-31-22-19-25-34-43-52-62-75(63-53-44-35-26-20-23-32-41-50-60-73(79)82-70-56-47-38-29-17-14-11-8-5-2)65-58-66-76(67-68-77)64-54-45-36-27-21-24-33-42-51-61-74(80)83-71-57-48-39-30-18-15-12-9-6-3/h77H,4-71H2,1-3H3. The number of unbranched alkanes of at least 4 members (excludes halogenated alkanes) is 48. The largest absolute Gasteiger partial charge is 0.466 e. The van der Waals surface area contributed by atoms with Crippen LogP contribution in [-0.2, 0) is 28.6 Å². The number of rotatable bonds is 72. The molecule has 9 heteroatoms. The van der Waals surface area contributed by atoms with E-state index >= 15 is 0 Å². The first-order valence-electron chi connectivity index (χ1n) is 37.5. The summed E-state index contributed by atoms with van der Waals surface area (Å²) in [5.41, 5.74) is 0. The highest BCUT2D eigenvalue weighted by atomic mass is 16.5. The Balaban J connectivity index is 4.37. The van der Waals surface area contributed by atoms with Crippen LogP contribution in [0.15, 0.2) is 0 Å². The summed E-state index contributed by atoms with van der Waals surface area (Å²) in [7, 11) is 0. The van der Waals surface area contributed by atoms with E-state index in [0.717, 1.165) is 84.0 Å². The summed E-state index contributed by atoms with van der Waals surface area (Å²) in [4.78, 5) is 41.8. The number of hydrogen-bond acceptors (Lipinski definition) is 9. The SMILES string of the molecule is CCCCCCCCCCCOC(=O)CCCCCCCCCCCN(CCO)CCCN(CCCCCCCCCCCC(=O)OCCCCCCCCCCC)CCCCCCCCCCCC(=O)OCCCCCCCCCCC. The van der Waals surface area contributed by atoms with Gasteiger partial charge in [0, 0.05) is 25.8 Å². The minimum atomic E-state index is -0.00281. The van der Waals surface area contributed by atoms with E-state index < -0.39 is 0 Å². The molecule has 0 amide bonds. The van der Waals surface area contributed by atoms with Crippen molar-refractivity contribution < 1.29 is 33.7 Å². The normalized spacial score (nSPS) is 11.6. The Labute approximate surface area is 518 Å². The van der Waals surface area contributed by atoms with Crippen molar-refractivity contribution in [1.82, 2.24) is 9.80 Å². The number of aliphatic hydroxyl groups excluding tert-OH is 1. The lowest BCUT2D eigenvalue weighted by molar-refractivity contribution is -0.144. The van der Waals surface area contributed by atoms with Crippen molar-refractivity contribution in [3.05, 3.63) is 0 Å². The lowest BCUT2D eigenvalue weighted by Gasteiger charge is -2.26. The first kappa shape index (κ1) is 81.3. The molecule has 0 atom stereocenters. The van der Waals surface area contributed by atoms with Gasteiger partial charge >= 0.3 is 17.9 Å². The fourth-order valence-corrected chi connectivity index (χ4v) is 11.9. The van der Waals surface area contributed by atoms with Gasteiger partial charge in [-0.25, -0.2) is 0 Å². The molecule has 0 radical (unpaired) electrons. The van der Waals surface area contributed by atoms with Crippen LogP contribution in [-0.4, -0.2) is 98.5 Å². The number of ether oxygens (including phenoxy) is 3. The Kier molecular flexibility index (Phi) is 69.6. The summed E-state index contributed by atoms with van der Waals surface area (Å²) in [6.45, 7) is 15.4. The van der Waals surface area contributed by atoms with E-state index in [9.17, 15) is 19.5 Å². The van der Waals surface area contributed by atoms with Crippen LogP contribution in [0.2, 0.25) is 0 Å². The fourth-order valence-electron chi connectivity index (χ4n) is 11.9. The van der Waals surface area contributed by atoms with Gasteiger partial charge in [0.1, 0.15) is 0 Å². The summed E-state index contributed by atoms with van der Waals surface area (Å²) < 4.78 is 16.5. The van der Waals surface area contributed by atoms with Crippen LogP contribution in [0.25, 0.3) is 0 Å². The van der Waals surface area contributed by atoms with Crippen LogP contribution in [0.5, 0.6) is 0 Å². The Morgan fingerprint density at radius 2 is 0.410 bits per heavy atom. The van der Waals surface area contributed by atoms with Gasteiger partial charge in [0.2, 0.25) is 0 Å². The van der Waals surface area contributed by atoms with Gasteiger partial charge in [-0.2, -0.15) is 0 Å². The zero-order valence-electron chi connectivity index (χ0n) is 56.4. The van der Waals surface area contributed by atoms with Crippen LogP contribution in [0, 0.1) is 0 Å². The molecule has 0 fully saturated rings. The molecule has 0 spiro atoms. The van der Waals surface area contributed by atoms with Crippen molar-refractivity contribution in [2.45, 2.75) is 393 Å². The molecule has 0 unspecified atom stereocenters. The molecule has 0 bridgehead atoms. The van der Waals surface area contributed by atoms with Crippen LogP contribution in [0.4, 0.5) is 0 Å². The molecule has 1 N–H and O–H groups in total. The topological polar surface area (TPSA) is 106 Å². The van der Waals surface area contributed by atoms with E-state index in [4.69, 9.17) is 14.2 Å². The van der Waals surface area contributed by atoms with Gasteiger partial charge in [0.15, 0.2) is 0 Å². The van der Waals surface area contributed by atoms with Crippen LogP contribution in [0.1, 0.15) is 393 Å². The maximum absolute atomic E-state index is 12.2. The smallest absolute Gasteiger partial charge is 0.305 e. The van der Waals surface area contributed by atoms with Crippen LogP contribution >= 0.6 is 0 Å². The summed E-state index contributed by atoms with van der Waals surface area (Å²) in [5, 5.41) is 9.93. The Morgan fingerprint density at radius 1 is 0.229 bits per heavy atom. The molecular formula is C74H146N2O7. The van der Waals surface area contributed by atoms with Crippen molar-refractivity contribution >= 4 is 17.9 Å². The molecule has 83 heavy (non-hydrogen) atoms. The third-order valence-corrected chi connectivity index (χ3v) is 17.5. The highest BCUT2D eigenvalue weighted by Gasteiger charge is 2.11. The summed E-state index contributed by atoms with van der Waals surface area (Å²) >= 11 is 0. The molecule has 0 aromatic rings. The second-order valence-corrected chi connectivity index (χ2v) is 25.7.